The second-order valence-corrected chi connectivity index (χ2v) is 5.63. The van der Waals surface area contributed by atoms with Gasteiger partial charge >= 0.3 is 0 Å². The van der Waals surface area contributed by atoms with Crippen LogP contribution in [0.5, 0.6) is 0 Å². The number of likely N-dealkylation sites (tertiary alicyclic amines) is 1. The fraction of sp³-hybridized carbons (Fsp3) is 0.929. The summed E-state index contributed by atoms with van der Waals surface area (Å²) >= 11 is 0. The average molecular weight is 270 g/mol. The van der Waals surface area contributed by atoms with Gasteiger partial charge < -0.3 is 19.7 Å². The van der Waals surface area contributed by atoms with E-state index in [4.69, 9.17) is 9.47 Å². The van der Waals surface area contributed by atoms with Crippen molar-refractivity contribution in [2.75, 3.05) is 40.0 Å². The van der Waals surface area contributed by atoms with Crippen LogP contribution in [0.15, 0.2) is 0 Å². The first-order chi connectivity index (χ1) is 9.17. The Morgan fingerprint density at radius 2 is 2.26 bits per heavy atom. The number of rotatable bonds is 4. The minimum absolute atomic E-state index is 0.0362. The molecule has 2 heterocycles. The van der Waals surface area contributed by atoms with E-state index in [1.54, 1.807) is 7.11 Å². The van der Waals surface area contributed by atoms with Gasteiger partial charge in [-0.1, -0.05) is 13.8 Å². The van der Waals surface area contributed by atoms with Gasteiger partial charge in [0.1, 0.15) is 0 Å². The Morgan fingerprint density at radius 3 is 2.95 bits per heavy atom. The van der Waals surface area contributed by atoms with Crippen LogP contribution in [0.4, 0.5) is 0 Å². The lowest BCUT2D eigenvalue weighted by Crippen LogP contribution is -2.52. The smallest absolute Gasteiger partial charge is 0.229 e. The number of nitrogens with one attached hydrogen (secondary N) is 1. The van der Waals surface area contributed by atoms with Crippen molar-refractivity contribution in [1.82, 2.24) is 10.2 Å². The Labute approximate surface area is 115 Å². The molecule has 2 aliphatic heterocycles. The SMILES string of the molecule is CCNC1COCC1C(=O)N1CCC(C)C(OC)C1. The molecule has 0 aromatic carbocycles. The monoisotopic (exact) mass is 270 g/mol. The number of piperidine rings is 1. The van der Waals surface area contributed by atoms with Crippen LogP contribution in [-0.4, -0.2) is 62.9 Å². The molecule has 5 heteroatoms. The lowest BCUT2D eigenvalue weighted by Gasteiger charge is -2.37. The molecule has 19 heavy (non-hydrogen) atoms. The molecule has 2 aliphatic rings. The second-order valence-electron chi connectivity index (χ2n) is 5.63. The van der Waals surface area contributed by atoms with Gasteiger partial charge in [0.25, 0.3) is 0 Å². The van der Waals surface area contributed by atoms with Gasteiger partial charge in [-0.15, -0.1) is 0 Å². The maximum absolute atomic E-state index is 12.6. The van der Waals surface area contributed by atoms with E-state index >= 15 is 0 Å². The largest absolute Gasteiger partial charge is 0.379 e. The molecule has 1 N–H and O–H groups in total. The zero-order valence-corrected chi connectivity index (χ0v) is 12.2. The van der Waals surface area contributed by atoms with Gasteiger partial charge in [0.15, 0.2) is 0 Å². The Balaban J connectivity index is 1.95. The number of hydrogen-bond donors (Lipinski definition) is 1. The minimum Gasteiger partial charge on any atom is -0.379 e. The van der Waals surface area contributed by atoms with Gasteiger partial charge in [-0.3, -0.25) is 4.79 Å². The Bertz CT molecular complexity index is 311. The van der Waals surface area contributed by atoms with Gasteiger partial charge in [-0.2, -0.15) is 0 Å². The summed E-state index contributed by atoms with van der Waals surface area (Å²) in [7, 11) is 1.73. The first-order valence-corrected chi connectivity index (χ1v) is 7.30. The van der Waals surface area contributed by atoms with Gasteiger partial charge in [0.2, 0.25) is 5.91 Å². The summed E-state index contributed by atoms with van der Waals surface area (Å²) in [6.45, 7) is 7.86. The summed E-state index contributed by atoms with van der Waals surface area (Å²) in [6.07, 6.45) is 1.18. The first kappa shape index (κ1) is 14.8. The highest BCUT2D eigenvalue weighted by Crippen LogP contribution is 2.23. The number of ether oxygens (including phenoxy) is 2. The third kappa shape index (κ3) is 3.27. The number of hydrogen-bond acceptors (Lipinski definition) is 4. The molecule has 2 rings (SSSR count). The van der Waals surface area contributed by atoms with E-state index in [2.05, 4.69) is 19.2 Å². The van der Waals surface area contributed by atoms with Crippen molar-refractivity contribution in [1.29, 1.82) is 0 Å². The zero-order chi connectivity index (χ0) is 13.8. The fourth-order valence-electron chi connectivity index (χ4n) is 3.04. The topological polar surface area (TPSA) is 50.8 Å². The van der Waals surface area contributed by atoms with Crippen LogP contribution >= 0.6 is 0 Å². The molecule has 0 saturated carbocycles. The van der Waals surface area contributed by atoms with E-state index in [0.29, 0.717) is 25.7 Å². The molecular formula is C14H26N2O3. The molecule has 2 fully saturated rings. The van der Waals surface area contributed by atoms with Crippen molar-refractivity contribution in [2.24, 2.45) is 11.8 Å². The number of likely N-dealkylation sites (N-methyl/N-ethyl adjacent to an activating group) is 1. The molecule has 4 unspecified atom stereocenters. The van der Waals surface area contributed by atoms with Crippen molar-refractivity contribution in [3.05, 3.63) is 0 Å². The lowest BCUT2D eigenvalue weighted by atomic mass is 9.93. The summed E-state index contributed by atoms with van der Waals surface area (Å²) in [4.78, 5) is 14.6. The standard InChI is InChI=1S/C14H26N2O3/c1-4-15-12-9-19-8-11(12)14(17)16-6-5-10(2)13(7-16)18-3/h10-13,15H,4-9H2,1-3H3. The lowest BCUT2D eigenvalue weighted by molar-refractivity contribution is -0.141. The van der Waals surface area contributed by atoms with Gasteiger partial charge in [-0.25, -0.2) is 0 Å². The molecule has 0 radical (unpaired) electrons. The molecule has 5 nitrogen and oxygen atoms in total. The minimum atomic E-state index is -0.0362. The summed E-state index contributed by atoms with van der Waals surface area (Å²) in [5.74, 6) is 0.710. The predicted octanol–water partition coefficient (Wildman–Crippen LogP) is 0.494. The molecule has 0 aromatic heterocycles. The highest BCUT2D eigenvalue weighted by atomic mass is 16.5. The summed E-state index contributed by atoms with van der Waals surface area (Å²) in [5, 5.41) is 3.34. The molecule has 0 spiro atoms. The fourth-order valence-corrected chi connectivity index (χ4v) is 3.04. The quantitative estimate of drug-likeness (QED) is 0.808. The average Bonchev–Trinajstić information content (AvgIpc) is 2.87. The van der Waals surface area contributed by atoms with Crippen molar-refractivity contribution < 1.29 is 14.3 Å². The summed E-state index contributed by atoms with van der Waals surface area (Å²) in [5.41, 5.74) is 0. The van der Waals surface area contributed by atoms with E-state index in [-0.39, 0.29) is 24.0 Å². The van der Waals surface area contributed by atoms with Crippen LogP contribution in [0, 0.1) is 11.8 Å². The van der Waals surface area contributed by atoms with Crippen molar-refractivity contribution >= 4 is 5.91 Å². The number of amides is 1. The molecule has 0 aromatic rings. The first-order valence-electron chi connectivity index (χ1n) is 7.30. The van der Waals surface area contributed by atoms with Gasteiger partial charge in [0.05, 0.1) is 25.2 Å². The van der Waals surface area contributed by atoms with Crippen molar-refractivity contribution in [3.63, 3.8) is 0 Å². The molecule has 0 aliphatic carbocycles. The van der Waals surface area contributed by atoms with Gasteiger partial charge in [0, 0.05) is 26.2 Å². The molecule has 0 bridgehead atoms. The molecule has 1 amide bonds. The maximum Gasteiger partial charge on any atom is 0.229 e. The van der Waals surface area contributed by atoms with E-state index in [0.717, 1.165) is 19.5 Å². The summed E-state index contributed by atoms with van der Waals surface area (Å²) in [6, 6.07) is 0.165. The highest BCUT2D eigenvalue weighted by Gasteiger charge is 2.38. The van der Waals surface area contributed by atoms with Crippen LogP contribution in [0.1, 0.15) is 20.3 Å². The van der Waals surface area contributed by atoms with Crippen LogP contribution in [0.2, 0.25) is 0 Å². The third-order valence-corrected chi connectivity index (χ3v) is 4.37. The van der Waals surface area contributed by atoms with Crippen LogP contribution in [0.3, 0.4) is 0 Å². The molecule has 110 valence electrons. The number of carbonyl (C=O) groups is 1. The van der Waals surface area contributed by atoms with E-state index < -0.39 is 0 Å². The second kappa shape index (κ2) is 6.68. The van der Waals surface area contributed by atoms with E-state index in [9.17, 15) is 4.79 Å². The number of nitrogens with zero attached hydrogens (tertiary/aromatic N) is 1. The van der Waals surface area contributed by atoms with E-state index in [1.807, 2.05) is 4.90 Å². The van der Waals surface area contributed by atoms with Crippen molar-refractivity contribution in [2.45, 2.75) is 32.4 Å². The molecular weight excluding hydrogens is 244 g/mol. The van der Waals surface area contributed by atoms with Gasteiger partial charge in [-0.05, 0) is 18.9 Å². The summed E-state index contributed by atoms with van der Waals surface area (Å²) < 4.78 is 10.9. The van der Waals surface area contributed by atoms with Crippen molar-refractivity contribution in [3.8, 4) is 0 Å². The normalized spacial score (nSPS) is 35.6. The number of methoxy groups -OCH3 is 1. The molecule has 2 saturated heterocycles. The Kier molecular flexibility index (Phi) is 5.19. The Morgan fingerprint density at radius 1 is 1.47 bits per heavy atom. The molecule has 4 atom stereocenters. The van der Waals surface area contributed by atoms with E-state index in [1.165, 1.54) is 0 Å². The van der Waals surface area contributed by atoms with Crippen LogP contribution < -0.4 is 5.32 Å². The third-order valence-electron chi connectivity index (χ3n) is 4.37. The predicted molar refractivity (Wildman–Crippen MR) is 72.9 cm³/mol. The van der Waals surface area contributed by atoms with Crippen LogP contribution in [-0.2, 0) is 14.3 Å². The zero-order valence-electron chi connectivity index (χ0n) is 12.2. The Hall–Kier alpha value is -0.650. The highest BCUT2D eigenvalue weighted by molar-refractivity contribution is 5.80. The maximum atomic E-state index is 12.6. The number of carbonyl (C=O) groups excluding carboxylic acids is 1. The van der Waals surface area contributed by atoms with Crippen LogP contribution in [0.25, 0.3) is 0 Å².